The zero-order chi connectivity index (χ0) is 16.3. The third-order valence-corrected chi connectivity index (χ3v) is 6.04. The molecule has 0 bridgehead atoms. The zero-order valence-electron chi connectivity index (χ0n) is 13.2. The Labute approximate surface area is 137 Å². The summed E-state index contributed by atoms with van der Waals surface area (Å²) < 4.78 is 32.9. The fraction of sp³-hybridized carbons (Fsp3) is 0.333. The molecule has 0 saturated carbocycles. The highest BCUT2D eigenvalue weighted by atomic mass is 32.2. The molecular weight excluding hydrogens is 310 g/mol. The Morgan fingerprint density at radius 2 is 1.70 bits per heavy atom. The molecule has 1 atom stereocenters. The van der Waals surface area contributed by atoms with Crippen molar-refractivity contribution in [3.63, 3.8) is 0 Å². The summed E-state index contributed by atoms with van der Waals surface area (Å²) in [6.45, 7) is 3.21. The first-order valence-corrected chi connectivity index (χ1v) is 9.25. The molecule has 1 heterocycles. The molecule has 1 aliphatic rings. The third kappa shape index (κ3) is 3.63. The van der Waals surface area contributed by atoms with Gasteiger partial charge in [-0.3, -0.25) is 0 Å². The smallest absolute Gasteiger partial charge is 0.243 e. The second-order valence-electron chi connectivity index (χ2n) is 5.78. The highest BCUT2D eigenvalue weighted by molar-refractivity contribution is 7.89. The Morgan fingerprint density at radius 1 is 1.00 bits per heavy atom. The molecule has 0 radical (unpaired) electrons. The second kappa shape index (κ2) is 6.83. The molecule has 122 valence electrons. The van der Waals surface area contributed by atoms with Gasteiger partial charge in [0.05, 0.1) is 17.6 Å². The summed E-state index contributed by atoms with van der Waals surface area (Å²) in [5, 5.41) is 0. The summed E-state index contributed by atoms with van der Waals surface area (Å²) in [5.74, 6) is 0. The van der Waals surface area contributed by atoms with Gasteiger partial charge in [0, 0.05) is 13.1 Å². The lowest BCUT2D eigenvalue weighted by molar-refractivity contribution is 0.0633. The van der Waals surface area contributed by atoms with E-state index in [1.807, 2.05) is 49.4 Å². The predicted octanol–water partition coefficient (Wildman–Crippen LogP) is 3.15. The summed E-state index contributed by atoms with van der Waals surface area (Å²) in [6, 6.07) is 17.0. The Bertz CT molecular complexity index is 742. The van der Waals surface area contributed by atoms with Gasteiger partial charge >= 0.3 is 0 Å². The van der Waals surface area contributed by atoms with Gasteiger partial charge in [0.2, 0.25) is 10.0 Å². The highest BCUT2D eigenvalue weighted by Gasteiger charge is 2.28. The number of aryl methyl sites for hydroxylation is 1. The van der Waals surface area contributed by atoms with Gasteiger partial charge in [0.15, 0.2) is 0 Å². The molecule has 5 heteroatoms. The average molecular weight is 331 g/mol. The quantitative estimate of drug-likeness (QED) is 0.868. The van der Waals surface area contributed by atoms with Crippen molar-refractivity contribution in [2.75, 3.05) is 19.7 Å². The minimum absolute atomic E-state index is 0.0468. The molecule has 1 saturated heterocycles. The molecule has 1 fully saturated rings. The monoisotopic (exact) mass is 331 g/mol. The maximum atomic E-state index is 12.8. The minimum atomic E-state index is -3.45. The number of rotatable bonds is 3. The van der Waals surface area contributed by atoms with Gasteiger partial charge in [-0.05, 0) is 31.0 Å². The van der Waals surface area contributed by atoms with Crippen molar-refractivity contribution in [3.8, 4) is 0 Å². The van der Waals surface area contributed by atoms with Gasteiger partial charge in [-0.25, -0.2) is 8.42 Å². The van der Waals surface area contributed by atoms with E-state index >= 15 is 0 Å². The summed E-state index contributed by atoms with van der Waals surface area (Å²) in [7, 11) is -3.45. The van der Waals surface area contributed by atoms with E-state index in [-0.39, 0.29) is 6.10 Å². The van der Waals surface area contributed by atoms with Crippen LogP contribution in [0, 0.1) is 6.92 Å². The van der Waals surface area contributed by atoms with E-state index in [9.17, 15) is 8.42 Å². The first kappa shape index (κ1) is 16.2. The standard InChI is InChI=1S/C18H21NO3S/c1-15-7-9-17(10-8-15)23(20,21)19-12-11-18(22-14-13-19)16-5-3-2-4-6-16/h2-10,18H,11-14H2,1H3. The Balaban J connectivity index is 1.76. The van der Waals surface area contributed by atoms with Crippen molar-refractivity contribution in [2.45, 2.75) is 24.3 Å². The van der Waals surface area contributed by atoms with Crippen molar-refractivity contribution in [3.05, 3.63) is 65.7 Å². The molecule has 1 aliphatic heterocycles. The number of hydrogen-bond acceptors (Lipinski definition) is 3. The van der Waals surface area contributed by atoms with Crippen LogP contribution in [0.25, 0.3) is 0 Å². The normalized spacial score (nSPS) is 20.1. The molecule has 0 N–H and O–H groups in total. The van der Waals surface area contributed by atoms with Crippen molar-refractivity contribution in [2.24, 2.45) is 0 Å². The van der Waals surface area contributed by atoms with Crippen LogP contribution < -0.4 is 0 Å². The molecule has 0 spiro atoms. The minimum Gasteiger partial charge on any atom is -0.372 e. The second-order valence-corrected chi connectivity index (χ2v) is 7.71. The van der Waals surface area contributed by atoms with Crippen molar-refractivity contribution in [1.29, 1.82) is 0 Å². The SMILES string of the molecule is Cc1ccc(S(=O)(=O)N2CCOC(c3ccccc3)CC2)cc1. The highest BCUT2D eigenvalue weighted by Crippen LogP contribution is 2.26. The molecule has 2 aromatic rings. The Kier molecular flexibility index (Phi) is 4.80. The number of hydrogen-bond donors (Lipinski definition) is 0. The third-order valence-electron chi connectivity index (χ3n) is 4.13. The first-order chi connectivity index (χ1) is 11.1. The lowest BCUT2D eigenvalue weighted by Crippen LogP contribution is -2.33. The number of nitrogens with zero attached hydrogens (tertiary/aromatic N) is 1. The zero-order valence-corrected chi connectivity index (χ0v) is 14.0. The molecule has 2 aromatic carbocycles. The molecular formula is C18H21NO3S. The largest absolute Gasteiger partial charge is 0.372 e. The first-order valence-electron chi connectivity index (χ1n) is 7.81. The molecule has 0 aliphatic carbocycles. The van der Waals surface area contributed by atoms with Crippen molar-refractivity contribution < 1.29 is 13.2 Å². The van der Waals surface area contributed by atoms with Crippen LogP contribution in [0.2, 0.25) is 0 Å². The Morgan fingerprint density at radius 3 is 2.39 bits per heavy atom. The fourth-order valence-corrected chi connectivity index (χ4v) is 4.22. The van der Waals surface area contributed by atoms with E-state index in [1.165, 1.54) is 4.31 Å². The fourth-order valence-electron chi connectivity index (χ4n) is 2.78. The van der Waals surface area contributed by atoms with Gasteiger partial charge in [-0.2, -0.15) is 4.31 Å². The number of benzene rings is 2. The topological polar surface area (TPSA) is 46.6 Å². The van der Waals surface area contributed by atoms with Crippen LogP contribution in [0.5, 0.6) is 0 Å². The van der Waals surface area contributed by atoms with Crippen LogP contribution in [-0.2, 0) is 14.8 Å². The van der Waals surface area contributed by atoms with Crippen molar-refractivity contribution >= 4 is 10.0 Å². The molecule has 4 nitrogen and oxygen atoms in total. The van der Waals surface area contributed by atoms with E-state index in [4.69, 9.17) is 4.74 Å². The maximum Gasteiger partial charge on any atom is 0.243 e. The van der Waals surface area contributed by atoms with Crippen molar-refractivity contribution in [1.82, 2.24) is 4.31 Å². The molecule has 23 heavy (non-hydrogen) atoms. The summed E-state index contributed by atoms with van der Waals surface area (Å²) in [6.07, 6.45) is 0.615. The van der Waals surface area contributed by atoms with Crippen LogP contribution in [0.15, 0.2) is 59.5 Å². The number of sulfonamides is 1. The van der Waals surface area contributed by atoms with E-state index in [0.717, 1.165) is 11.1 Å². The van der Waals surface area contributed by atoms with Crippen LogP contribution >= 0.6 is 0 Å². The maximum absolute atomic E-state index is 12.8. The van der Waals surface area contributed by atoms with E-state index < -0.39 is 10.0 Å². The molecule has 1 unspecified atom stereocenters. The van der Waals surface area contributed by atoms with E-state index in [2.05, 4.69) is 0 Å². The summed E-state index contributed by atoms with van der Waals surface area (Å²) in [5.41, 5.74) is 2.15. The van der Waals surface area contributed by atoms with Crippen LogP contribution in [0.3, 0.4) is 0 Å². The average Bonchev–Trinajstić information content (AvgIpc) is 2.83. The molecule has 0 amide bonds. The van der Waals surface area contributed by atoms with E-state index in [1.54, 1.807) is 12.1 Å². The van der Waals surface area contributed by atoms with Crippen LogP contribution in [0.1, 0.15) is 23.7 Å². The van der Waals surface area contributed by atoms with Crippen LogP contribution in [0.4, 0.5) is 0 Å². The van der Waals surface area contributed by atoms with Gasteiger partial charge in [-0.1, -0.05) is 48.0 Å². The summed E-state index contributed by atoms with van der Waals surface area (Å²) in [4.78, 5) is 0.348. The van der Waals surface area contributed by atoms with Crippen LogP contribution in [-0.4, -0.2) is 32.4 Å². The van der Waals surface area contributed by atoms with E-state index in [0.29, 0.717) is 31.0 Å². The molecule has 0 aromatic heterocycles. The van der Waals surface area contributed by atoms with Gasteiger partial charge < -0.3 is 4.74 Å². The molecule has 3 rings (SSSR count). The lowest BCUT2D eigenvalue weighted by atomic mass is 10.1. The van der Waals surface area contributed by atoms with Gasteiger partial charge in [-0.15, -0.1) is 0 Å². The predicted molar refractivity (Wildman–Crippen MR) is 89.7 cm³/mol. The van der Waals surface area contributed by atoms with Gasteiger partial charge in [0.1, 0.15) is 0 Å². The Hall–Kier alpha value is -1.69. The number of ether oxygens (including phenoxy) is 1. The lowest BCUT2D eigenvalue weighted by Gasteiger charge is -2.19. The summed E-state index contributed by atoms with van der Waals surface area (Å²) >= 11 is 0. The van der Waals surface area contributed by atoms with Gasteiger partial charge in [0.25, 0.3) is 0 Å².